The molecule has 2 rings (SSSR count). The molecule has 0 unspecified atom stereocenters. The van der Waals surface area contributed by atoms with Crippen molar-refractivity contribution in [2.45, 2.75) is 6.42 Å². The second-order valence-corrected chi connectivity index (χ2v) is 4.38. The zero-order valence-electron chi connectivity index (χ0n) is 10.6. The Morgan fingerprint density at radius 1 is 1.44 bits per heavy atom. The lowest BCUT2D eigenvalue weighted by Gasteiger charge is -2.16. The van der Waals surface area contributed by atoms with Crippen LogP contribution in [0.15, 0.2) is 18.2 Å². The van der Waals surface area contributed by atoms with Crippen LogP contribution in [0.1, 0.15) is 15.9 Å². The molecule has 5 nitrogen and oxygen atoms in total. The van der Waals surface area contributed by atoms with Crippen LogP contribution in [0, 0.1) is 0 Å². The fraction of sp³-hybridized carbons (Fsp3) is 0.385. The predicted molar refractivity (Wildman–Crippen MR) is 69.7 cm³/mol. The molecule has 0 saturated carbocycles. The molecular formula is C13H17N3O2. The molecule has 1 aromatic carbocycles. The van der Waals surface area contributed by atoms with Gasteiger partial charge < -0.3 is 15.5 Å². The number of fused-ring (bicyclic) bond motifs is 1. The number of hydrogen-bond acceptors (Lipinski definition) is 3. The molecule has 1 aromatic rings. The second-order valence-electron chi connectivity index (χ2n) is 4.38. The first kappa shape index (κ1) is 12.4. The Kier molecular flexibility index (Phi) is 3.50. The summed E-state index contributed by atoms with van der Waals surface area (Å²) >= 11 is 0. The average Bonchev–Trinajstić information content (AvgIpc) is 2.84. The van der Waals surface area contributed by atoms with Crippen molar-refractivity contribution in [1.82, 2.24) is 10.2 Å². The van der Waals surface area contributed by atoms with Crippen molar-refractivity contribution < 1.29 is 9.59 Å². The number of nitrogens with one attached hydrogen (secondary N) is 2. The van der Waals surface area contributed by atoms with Gasteiger partial charge in [0.05, 0.1) is 6.54 Å². The van der Waals surface area contributed by atoms with Gasteiger partial charge in [0.1, 0.15) is 0 Å². The normalized spacial score (nSPS) is 12.6. The van der Waals surface area contributed by atoms with Gasteiger partial charge in [0, 0.05) is 31.9 Å². The molecule has 0 spiro atoms. The smallest absolute Gasteiger partial charge is 0.254 e. The Labute approximate surface area is 106 Å². The maximum atomic E-state index is 12.1. The van der Waals surface area contributed by atoms with Gasteiger partial charge in [-0.2, -0.15) is 0 Å². The lowest BCUT2D eigenvalue weighted by atomic mass is 10.1. The molecule has 2 amide bonds. The van der Waals surface area contributed by atoms with E-state index in [1.165, 1.54) is 10.5 Å². The summed E-state index contributed by atoms with van der Waals surface area (Å²) in [6, 6.07) is 5.63. The minimum atomic E-state index is -0.176. The summed E-state index contributed by atoms with van der Waals surface area (Å²) < 4.78 is 0. The Hall–Kier alpha value is -2.04. The minimum Gasteiger partial charge on any atom is -0.384 e. The number of likely N-dealkylation sites (N-methyl/N-ethyl adjacent to an activating group) is 2. The number of carbonyl (C=O) groups excluding carboxylic acids is 2. The molecule has 2 N–H and O–H groups in total. The summed E-state index contributed by atoms with van der Waals surface area (Å²) in [5.41, 5.74) is 2.87. The summed E-state index contributed by atoms with van der Waals surface area (Å²) in [6.45, 7) is 0.987. The summed E-state index contributed by atoms with van der Waals surface area (Å²) in [7, 11) is 3.18. The van der Waals surface area contributed by atoms with Crippen molar-refractivity contribution in [3.63, 3.8) is 0 Å². The summed E-state index contributed by atoms with van der Waals surface area (Å²) in [6.07, 6.45) is 0.998. The minimum absolute atomic E-state index is 0.0693. The predicted octanol–water partition coefficient (Wildman–Crippen LogP) is 0.473. The molecule has 1 aliphatic heterocycles. The molecule has 1 aliphatic rings. The van der Waals surface area contributed by atoms with E-state index in [4.69, 9.17) is 0 Å². The lowest BCUT2D eigenvalue weighted by molar-refractivity contribution is -0.121. The molecule has 1 heterocycles. The number of carbonyl (C=O) groups is 2. The third-order valence-corrected chi connectivity index (χ3v) is 3.07. The number of anilines is 1. The van der Waals surface area contributed by atoms with E-state index in [0.29, 0.717) is 5.56 Å². The fourth-order valence-corrected chi connectivity index (χ4v) is 2.01. The highest BCUT2D eigenvalue weighted by Gasteiger charge is 2.17. The van der Waals surface area contributed by atoms with Gasteiger partial charge in [-0.1, -0.05) is 6.07 Å². The molecule has 0 atom stereocenters. The van der Waals surface area contributed by atoms with Crippen LogP contribution in [0.4, 0.5) is 5.69 Å². The van der Waals surface area contributed by atoms with Crippen LogP contribution < -0.4 is 10.6 Å². The van der Waals surface area contributed by atoms with E-state index in [9.17, 15) is 9.59 Å². The summed E-state index contributed by atoms with van der Waals surface area (Å²) in [5, 5.41) is 5.73. The third-order valence-electron chi connectivity index (χ3n) is 3.07. The molecule has 0 fully saturated rings. The van der Waals surface area contributed by atoms with E-state index < -0.39 is 0 Å². The Bertz CT molecular complexity index is 485. The van der Waals surface area contributed by atoms with E-state index in [0.717, 1.165) is 18.7 Å². The molecule has 0 aromatic heterocycles. The van der Waals surface area contributed by atoms with Crippen LogP contribution in [-0.4, -0.2) is 43.9 Å². The van der Waals surface area contributed by atoms with Crippen LogP contribution in [-0.2, 0) is 11.2 Å². The summed E-state index contributed by atoms with van der Waals surface area (Å²) in [5.74, 6) is -0.319. The van der Waals surface area contributed by atoms with E-state index in [1.807, 2.05) is 18.2 Å². The van der Waals surface area contributed by atoms with Crippen molar-refractivity contribution >= 4 is 17.5 Å². The Morgan fingerprint density at radius 2 is 2.22 bits per heavy atom. The van der Waals surface area contributed by atoms with Gasteiger partial charge in [0.2, 0.25) is 5.91 Å². The number of nitrogens with zero attached hydrogens (tertiary/aromatic N) is 1. The third kappa shape index (κ3) is 2.45. The standard InChI is InChI=1S/C13H17N3O2/c1-14-12(17)8-16(2)13(18)10-4-3-9-5-6-15-11(9)7-10/h3-4,7,15H,5-6,8H2,1-2H3,(H,14,17). The molecule has 0 saturated heterocycles. The average molecular weight is 247 g/mol. The zero-order valence-corrected chi connectivity index (χ0v) is 10.6. The van der Waals surface area contributed by atoms with Gasteiger partial charge in [-0.15, -0.1) is 0 Å². The van der Waals surface area contributed by atoms with Crippen LogP contribution in [0.3, 0.4) is 0 Å². The molecule has 0 aliphatic carbocycles. The number of amides is 2. The first-order valence-electron chi connectivity index (χ1n) is 5.94. The number of rotatable bonds is 3. The first-order valence-corrected chi connectivity index (χ1v) is 5.94. The highest BCUT2D eigenvalue weighted by molar-refractivity contribution is 5.97. The quantitative estimate of drug-likeness (QED) is 0.816. The molecule has 0 radical (unpaired) electrons. The summed E-state index contributed by atoms with van der Waals surface area (Å²) in [4.78, 5) is 24.8. The van der Waals surface area contributed by atoms with Crippen LogP contribution in [0.5, 0.6) is 0 Å². The Balaban J connectivity index is 2.11. The van der Waals surface area contributed by atoms with Gasteiger partial charge in [-0.05, 0) is 24.1 Å². The number of hydrogen-bond donors (Lipinski definition) is 2. The van der Waals surface area contributed by atoms with Crippen molar-refractivity contribution in [2.75, 3.05) is 32.5 Å². The monoisotopic (exact) mass is 247 g/mol. The topological polar surface area (TPSA) is 61.4 Å². The van der Waals surface area contributed by atoms with Crippen molar-refractivity contribution in [2.24, 2.45) is 0 Å². The van der Waals surface area contributed by atoms with E-state index in [2.05, 4.69) is 10.6 Å². The van der Waals surface area contributed by atoms with Gasteiger partial charge in [0.25, 0.3) is 5.91 Å². The molecule has 5 heteroatoms. The number of benzene rings is 1. The van der Waals surface area contributed by atoms with E-state index >= 15 is 0 Å². The zero-order chi connectivity index (χ0) is 13.1. The highest BCUT2D eigenvalue weighted by atomic mass is 16.2. The van der Waals surface area contributed by atoms with Crippen LogP contribution in [0.25, 0.3) is 0 Å². The fourth-order valence-electron chi connectivity index (χ4n) is 2.01. The van der Waals surface area contributed by atoms with Crippen molar-refractivity contribution in [3.05, 3.63) is 29.3 Å². The van der Waals surface area contributed by atoms with Gasteiger partial charge in [-0.25, -0.2) is 0 Å². The van der Waals surface area contributed by atoms with Crippen LogP contribution >= 0.6 is 0 Å². The largest absolute Gasteiger partial charge is 0.384 e. The van der Waals surface area contributed by atoms with Crippen molar-refractivity contribution in [1.29, 1.82) is 0 Å². The van der Waals surface area contributed by atoms with Crippen molar-refractivity contribution in [3.8, 4) is 0 Å². The lowest BCUT2D eigenvalue weighted by Crippen LogP contribution is -2.36. The maximum Gasteiger partial charge on any atom is 0.254 e. The van der Waals surface area contributed by atoms with Crippen LogP contribution in [0.2, 0.25) is 0 Å². The first-order chi connectivity index (χ1) is 8.61. The molecule has 0 bridgehead atoms. The van der Waals surface area contributed by atoms with Gasteiger partial charge >= 0.3 is 0 Å². The Morgan fingerprint density at radius 3 is 2.94 bits per heavy atom. The maximum absolute atomic E-state index is 12.1. The second kappa shape index (κ2) is 5.08. The highest BCUT2D eigenvalue weighted by Crippen LogP contribution is 2.23. The molecule has 96 valence electrons. The molecule has 18 heavy (non-hydrogen) atoms. The van der Waals surface area contributed by atoms with Gasteiger partial charge in [-0.3, -0.25) is 9.59 Å². The van der Waals surface area contributed by atoms with E-state index in [1.54, 1.807) is 14.1 Å². The SMILES string of the molecule is CNC(=O)CN(C)C(=O)c1ccc2c(c1)NCC2. The van der Waals surface area contributed by atoms with Gasteiger partial charge in [0.15, 0.2) is 0 Å². The molecular weight excluding hydrogens is 230 g/mol. The van der Waals surface area contributed by atoms with E-state index in [-0.39, 0.29) is 18.4 Å².